The van der Waals surface area contributed by atoms with Crippen molar-refractivity contribution in [1.29, 1.82) is 0 Å². The molecule has 0 saturated heterocycles. The van der Waals surface area contributed by atoms with Crippen molar-refractivity contribution in [2.75, 3.05) is 22.5 Å². The molecule has 0 aliphatic carbocycles. The smallest absolute Gasteiger partial charge is 0.257 e. The van der Waals surface area contributed by atoms with Crippen molar-refractivity contribution >= 4 is 40.5 Å². The number of para-hydroxylation sites is 2. The number of amides is 2. The van der Waals surface area contributed by atoms with Crippen LogP contribution in [0.5, 0.6) is 0 Å². The summed E-state index contributed by atoms with van der Waals surface area (Å²) >= 11 is 5.83. The highest BCUT2D eigenvalue weighted by Crippen LogP contribution is 2.18. The molecule has 3 aromatic rings. The van der Waals surface area contributed by atoms with Gasteiger partial charge in [-0.15, -0.1) is 0 Å². The largest absolute Gasteiger partial charge is 0.376 e. The SMILES string of the molecule is O=C(CNc1ccccc1C(=O)Nc1ccccc1)Nc1ccc(Cl)cc1. The van der Waals surface area contributed by atoms with Gasteiger partial charge in [-0.1, -0.05) is 41.9 Å². The Morgan fingerprint density at radius 2 is 1.37 bits per heavy atom. The standard InChI is InChI=1S/C21H18ClN3O2/c22-15-10-12-17(13-11-15)24-20(26)14-23-19-9-5-4-8-18(19)21(27)25-16-6-2-1-3-7-16/h1-13,23H,14H2,(H,24,26)(H,25,27). The highest BCUT2D eigenvalue weighted by Gasteiger charge is 2.12. The molecule has 0 heterocycles. The summed E-state index contributed by atoms with van der Waals surface area (Å²) in [7, 11) is 0. The number of anilines is 3. The highest BCUT2D eigenvalue weighted by atomic mass is 35.5. The Morgan fingerprint density at radius 1 is 0.741 bits per heavy atom. The Kier molecular flexibility index (Phi) is 6.07. The van der Waals surface area contributed by atoms with Crippen molar-refractivity contribution in [2.24, 2.45) is 0 Å². The van der Waals surface area contributed by atoms with E-state index in [4.69, 9.17) is 11.6 Å². The number of benzene rings is 3. The number of hydrogen-bond donors (Lipinski definition) is 3. The van der Waals surface area contributed by atoms with Crippen LogP contribution >= 0.6 is 11.6 Å². The minimum Gasteiger partial charge on any atom is -0.376 e. The van der Waals surface area contributed by atoms with E-state index in [1.807, 2.05) is 30.3 Å². The molecule has 0 aromatic heterocycles. The first-order valence-electron chi connectivity index (χ1n) is 8.36. The first-order valence-corrected chi connectivity index (χ1v) is 8.74. The Bertz CT molecular complexity index is 928. The van der Waals surface area contributed by atoms with Crippen molar-refractivity contribution in [3.05, 3.63) is 89.4 Å². The quantitative estimate of drug-likeness (QED) is 0.584. The van der Waals surface area contributed by atoms with Gasteiger partial charge in [0, 0.05) is 22.1 Å². The molecule has 0 unspecified atom stereocenters. The molecule has 2 amide bonds. The average Bonchev–Trinajstić information content (AvgIpc) is 2.69. The Hall–Kier alpha value is -3.31. The third-order valence-corrected chi connectivity index (χ3v) is 4.02. The molecular formula is C21H18ClN3O2. The lowest BCUT2D eigenvalue weighted by atomic mass is 10.1. The van der Waals surface area contributed by atoms with Crippen LogP contribution in [0.4, 0.5) is 17.1 Å². The summed E-state index contributed by atoms with van der Waals surface area (Å²) in [6.45, 7) is 0.0260. The number of hydrogen-bond acceptors (Lipinski definition) is 3. The molecule has 0 aliphatic rings. The second-order valence-corrected chi connectivity index (χ2v) is 6.21. The summed E-state index contributed by atoms with van der Waals surface area (Å²) in [6, 6.07) is 23.1. The average molecular weight is 380 g/mol. The van der Waals surface area contributed by atoms with Gasteiger partial charge in [-0.05, 0) is 48.5 Å². The molecule has 3 N–H and O–H groups in total. The van der Waals surface area contributed by atoms with Gasteiger partial charge in [0.05, 0.1) is 12.1 Å². The number of nitrogens with one attached hydrogen (secondary N) is 3. The predicted octanol–water partition coefficient (Wildman–Crippen LogP) is 4.64. The molecule has 5 nitrogen and oxygen atoms in total. The molecule has 0 saturated carbocycles. The zero-order valence-corrected chi connectivity index (χ0v) is 15.2. The summed E-state index contributed by atoms with van der Waals surface area (Å²) in [6.07, 6.45) is 0. The van der Waals surface area contributed by atoms with E-state index >= 15 is 0 Å². The van der Waals surface area contributed by atoms with Gasteiger partial charge in [0.1, 0.15) is 0 Å². The highest BCUT2D eigenvalue weighted by molar-refractivity contribution is 6.30. The monoisotopic (exact) mass is 379 g/mol. The molecule has 27 heavy (non-hydrogen) atoms. The van der Waals surface area contributed by atoms with Gasteiger partial charge in [0.25, 0.3) is 5.91 Å². The van der Waals surface area contributed by atoms with Crippen LogP contribution in [0.2, 0.25) is 5.02 Å². The maximum absolute atomic E-state index is 12.5. The molecule has 0 bridgehead atoms. The molecular weight excluding hydrogens is 362 g/mol. The third-order valence-electron chi connectivity index (χ3n) is 3.77. The van der Waals surface area contributed by atoms with Crippen molar-refractivity contribution < 1.29 is 9.59 Å². The maximum Gasteiger partial charge on any atom is 0.257 e. The lowest BCUT2D eigenvalue weighted by Gasteiger charge is -2.12. The van der Waals surface area contributed by atoms with Crippen LogP contribution in [0, 0.1) is 0 Å². The number of halogens is 1. The zero-order chi connectivity index (χ0) is 19.1. The van der Waals surface area contributed by atoms with E-state index in [0.717, 1.165) is 0 Å². The molecule has 3 rings (SSSR count). The molecule has 0 aliphatic heterocycles. The third kappa shape index (κ3) is 5.33. The fourth-order valence-electron chi connectivity index (χ4n) is 2.47. The lowest BCUT2D eigenvalue weighted by Crippen LogP contribution is -2.23. The number of carbonyl (C=O) groups is 2. The van der Waals surface area contributed by atoms with Gasteiger partial charge in [0.2, 0.25) is 5.91 Å². The van der Waals surface area contributed by atoms with Gasteiger partial charge >= 0.3 is 0 Å². The summed E-state index contributed by atoms with van der Waals surface area (Å²) in [4.78, 5) is 24.7. The van der Waals surface area contributed by atoms with Crippen LogP contribution in [-0.2, 0) is 4.79 Å². The van der Waals surface area contributed by atoms with E-state index in [1.54, 1.807) is 48.5 Å². The Morgan fingerprint density at radius 3 is 2.11 bits per heavy atom. The van der Waals surface area contributed by atoms with Crippen LogP contribution in [0.15, 0.2) is 78.9 Å². The van der Waals surface area contributed by atoms with Gasteiger partial charge in [-0.2, -0.15) is 0 Å². The normalized spacial score (nSPS) is 10.1. The fraction of sp³-hybridized carbons (Fsp3) is 0.0476. The molecule has 0 radical (unpaired) electrons. The summed E-state index contributed by atoms with van der Waals surface area (Å²) in [5, 5.41) is 9.22. The molecule has 0 spiro atoms. The van der Waals surface area contributed by atoms with Crippen LogP contribution in [0.25, 0.3) is 0 Å². The van der Waals surface area contributed by atoms with E-state index in [2.05, 4.69) is 16.0 Å². The maximum atomic E-state index is 12.5. The Balaban J connectivity index is 1.62. The van der Waals surface area contributed by atoms with Crippen LogP contribution in [-0.4, -0.2) is 18.4 Å². The van der Waals surface area contributed by atoms with Crippen LogP contribution in [0.3, 0.4) is 0 Å². The first kappa shape index (κ1) is 18.5. The van der Waals surface area contributed by atoms with E-state index in [-0.39, 0.29) is 18.4 Å². The van der Waals surface area contributed by atoms with Gasteiger partial charge in [-0.3, -0.25) is 9.59 Å². The van der Waals surface area contributed by atoms with Crippen molar-refractivity contribution in [1.82, 2.24) is 0 Å². The lowest BCUT2D eigenvalue weighted by molar-refractivity contribution is -0.114. The Labute approximate surface area is 162 Å². The van der Waals surface area contributed by atoms with E-state index in [1.165, 1.54) is 0 Å². The molecule has 6 heteroatoms. The molecule has 136 valence electrons. The minimum atomic E-state index is -0.248. The van der Waals surface area contributed by atoms with Crippen LogP contribution in [0.1, 0.15) is 10.4 Å². The van der Waals surface area contributed by atoms with E-state index in [9.17, 15) is 9.59 Å². The minimum absolute atomic E-state index is 0.0260. The number of rotatable bonds is 6. The van der Waals surface area contributed by atoms with Crippen molar-refractivity contribution in [2.45, 2.75) is 0 Å². The van der Waals surface area contributed by atoms with Gasteiger partial charge in [0.15, 0.2) is 0 Å². The van der Waals surface area contributed by atoms with E-state index < -0.39 is 0 Å². The number of carbonyl (C=O) groups excluding carboxylic acids is 2. The summed E-state index contributed by atoms with van der Waals surface area (Å²) in [5.74, 6) is -0.474. The topological polar surface area (TPSA) is 70.2 Å². The predicted molar refractivity (Wildman–Crippen MR) is 109 cm³/mol. The second-order valence-electron chi connectivity index (χ2n) is 5.77. The van der Waals surface area contributed by atoms with Gasteiger partial charge in [-0.25, -0.2) is 0 Å². The molecule has 0 fully saturated rings. The van der Waals surface area contributed by atoms with Crippen LogP contribution < -0.4 is 16.0 Å². The summed E-state index contributed by atoms with van der Waals surface area (Å²) in [5.41, 5.74) is 2.40. The summed E-state index contributed by atoms with van der Waals surface area (Å²) < 4.78 is 0. The van der Waals surface area contributed by atoms with Gasteiger partial charge < -0.3 is 16.0 Å². The fourth-order valence-corrected chi connectivity index (χ4v) is 2.60. The van der Waals surface area contributed by atoms with E-state index in [0.29, 0.717) is 27.6 Å². The molecule has 0 atom stereocenters. The van der Waals surface area contributed by atoms with Crippen molar-refractivity contribution in [3.63, 3.8) is 0 Å². The van der Waals surface area contributed by atoms with Crippen molar-refractivity contribution in [3.8, 4) is 0 Å². The first-order chi connectivity index (χ1) is 13.1. The zero-order valence-electron chi connectivity index (χ0n) is 14.4. The second kappa shape index (κ2) is 8.87. The molecule has 3 aromatic carbocycles.